The van der Waals surface area contributed by atoms with Crippen molar-refractivity contribution in [2.75, 3.05) is 13.2 Å². The third-order valence-electron chi connectivity index (χ3n) is 2.21. The van der Waals surface area contributed by atoms with E-state index in [-0.39, 0.29) is 0 Å². The third kappa shape index (κ3) is 1.58. The summed E-state index contributed by atoms with van der Waals surface area (Å²) in [5.74, 6) is 1.03. The summed E-state index contributed by atoms with van der Waals surface area (Å²) in [7, 11) is 0. The Balaban J connectivity index is 2.36. The molecule has 0 atom stereocenters. The Bertz CT molecular complexity index is 331. The molecule has 2 heteroatoms. The molecular weight excluding hydrogens is 162 g/mol. The van der Waals surface area contributed by atoms with E-state index in [2.05, 4.69) is 12.1 Å². The molecule has 0 aliphatic carbocycles. The Labute approximate surface area is 78.0 Å². The summed E-state index contributed by atoms with van der Waals surface area (Å²) < 4.78 is 5.45. The first-order valence-electron chi connectivity index (χ1n) is 4.53. The fourth-order valence-corrected chi connectivity index (χ4v) is 1.60. The molecule has 1 aliphatic rings. The Morgan fingerprint density at radius 2 is 2.38 bits per heavy atom. The topological polar surface area (TPSA) is 35.2 Å². The molecule has 1 aliphatic heterocycles. The van der Waals surface area contributed by atoms with Crippen LogP contribution in [-0.4, -0.2) is 13.2 Å². The molecule has 0 radical (unpaired) electrons. The molecule has 0 bridgehead atoms. The average molecular weight is 175 g/mol. The minimum absolute atomic E-state index is 0.588. The van der Waals surface area contributed by atoms with Crippen LogP contribution in [0.25, 0.3) is 6.08 Å². The third-order valence-corrected chi connectivity index (χ3v) is 2.21. The van der Waals surface area contributed by atoms with Crippen LogP contribution >= 0.6 is 0 Å². The van der Waals surface area contributed by atoms with E-state index in [0.717, 1.165) is 18.8 Å². The van der Waals surface area contributed by atoms with Gasteiger partial charge in [0.2, 0.25) is 0 Å². The van der Waals surface area contributed by atoms with Gasteiger partial charge in [0.15, 0.2) is 0 Å². The zero-order valence-electron chi connectivity index (χ0n) is 7.49. The lowest BCUT2D eigenvalue weighted by Gasteiger charge is -2.01. The highest BCUT2D eigenvalue weighted by molar-refractivity contribution is 5.59. The predicted octanol–water partition coefficient (Wildman–Crippen LogP) is 1.59. The summed E-state index contributed by atoms with van der Waals surface area (Å²) in [6.45, 7) is 1.40. The molecule has 2 rings (SSSR count). The van der Waals surface area contributed by atoms with Crippen LogP contribution < -0.4 is 10.5 Å². The molecule has 13 heavy (non-hydrogen) atoms. The van der Waals surface area contributed by atoms with Gasteiger partial charge in [0, 0.05) is 18.5 Å². The number of hydrogen-bond donors (Lipinski definition) is 1. The molecule has 0 unspecified atom stereocenters. The maximum atomic E-state index is 5.45. The summed E-state index contributed by atoms with van der Waals surface area (Å²) in [6.07, 6.45) is 5.04. The van der Waals surface area contributed by atoms with Gasteiger partial charge in [0.1, 0.15) is 5.75 Å². The van der Waals surface area contributed by atoms with Crippen LogP contribution in [0.15, 0.2) is 24.3 Å². The lowest BCUT2D eigenvalue weighted by atomic mass is 10.0. The molecule has 68 valence electrons. The Morgan fingerprint density at radius 3 is 3.23 bits per heavy atom. The van der Waals surface area contributed by atoms with Crippen molar-refractivity contribution in [2.24, 2.45) is 5.73 Å². The maximum absolute atomic E-state index is 5.45. The van der Waals surface area contributed by atoms with E-state index in [1.165, 1.54) is 11.1 Å². The van der Waals surface area contributed by atoms with Gasteiger partial charge in [-0.3, -0.25) is 0 Å². The van der Waals surface area contributed by atoms with Gasteiger partial charge in [0.25, 0.3) is 0 Å². The van der Waals surface area contributed by atoms with Crippen LogP contribution in [-0.2, 0) is 6.42 Å². The second-order valence-electron chi connectivity index (χ2n) is 3.06. The zero-order chi connectivity index (χ0) is 9.10. The first-order chi connectivity index (χ1) is 6.42. The molecule has 1 aromatic rings. The molecule has 0 amide bonds. The van der Waals surface area contributed by atoms with E-state index in [1.807, 2.05) is 18.2 Å². The second kappa shape index (κ2) is 3.62. The van der Waals surface area contributed by atoms with Gasteiger partial charge in [-0.15, -0.1) is 0 Å². The molecule has 0 aromatic heterocycles. The van der Waals surface area contributed by atoms with E-state index >= 15 is 0 Å². The summed E-state index contributed by atoms with van der Waals surface area (Å²) in [6, 6.07) is 6.13. The van der Waals surface area contributed by atoms with Gasteiger partial charge >= 0.3 is 0 Å². The van der Waals surface area contributed by atoms with Crippen molar-refractivity contribution in [1.29, 1.82) is 0 Å². The van der Waals surface area contributed by atoms with E-state index in [4.69, 9.17) is 10.5 Å². The summed E-state index contributed by atoms with van der Waals surface area (Å²) >= 11 is 0. The van der Waals surface area contributed by atoms with E-state index in [1.54, 1.807) is 0 Å². The predicted molar refractivity (Wildman–Crippen MR) is 53.7 cm³/mol. The average Bonchev–Trinajstić information content (AvgIpc) is 2.62. The lowest BCUT2D eigenvalue weighted by Crippen LogP contribution is -1.92. The first-order valence-corrected chi connectivity index (χ1v) is 4.53. The zero-order valence-corrected chi connectivity index (χ0v) is 7.49. The van der Waals surface area contributed by atoms with Crippen molar-refractivity contribution in [2.45, 2.75) is 6.42 Å². The number of ether oxygens (including phenoxy) is 1. The van der Waals surface area contributed by atoms with Crippen LogP contribution in [0.3, 0.4) is 0 Å². The number of benzene rings is 1. The normalized spacial score (nSPS) is 14.5. The molecular formula is C11H13NO. The molecule has 0 fully saturated rings. The van der Waals surface area contributed by atoms with Gasteiger partial charge in [-0.05, 0) is 11.6 Å². The molecule has 0 spiro atoms. The smallest absolute Gasteiger partial charge is 0.123 e. The Hall–Kier alpha value is -1.28. The first kappa shape index (κ1) is 8.32. The fraction of sp³-hybridized carbons (Fsp3) is 0.273. The molecule has 2 N–H and O–H groups in total. The van der Waals surface area contributed by atoms with Crippen molar-refractivity contribution in [3.8, 4) is 5.75 Å². The SMILES string of the molecule is NCC=Cc1cccc2c1CCO2. The van der Waals surface area contributed by atoms with Crippen LogP contribution in [0, 0.1) is 0 Å². The molecule has 1 heterocycles. The number of hydrogen-bond acceptors (Lipinski definition) is 2. The molecule has 2 nitrogen and oxygen atoms in total. The summed E-state index contributed by atoms with van der Waals surface area (Å²) in [4.78, 5) is 0. The van der Waals surface area contributed by atoms with Gasteiger partial charge in [0.05, 0.1) is 6.61 Å². The van der Waals surface area contributed by atoms with Gasteiger partial charge in [-0.25, -0.2) is 0 Å². The highest BCUT2D eigenvalue weighted by atomic mass is 16.5. The maximum Gasteiger partial charge on any atom is 0.123 e. The van der Waals surface area contributed by atoms with Crippen LogP contribution in [0.2, 0.25) is 0 Å². The minimum atomic E-state index is 0.588. The summed E-state index contributed by atoms with van der Waals surface area (Å²) in [5.41, 5.74) is 7.95. The van der Waals surface area contributed by atoms with Crippen LogP contribution in [0.1, 0.15) is 11.1 Å². The van der Waals surface area contributed by atoms with E-state index in [9.17, 15) is 0 Å². The number of nitrogens with two attached hydrogens (primary N) is 1. The highest BCUT2D eigenvalue weighted by Gasteiger charge is 2.13. The van der Waals surface area contributed by atoms with Crippen molar-refractivity contribution in [3.63, 3.8) is 0 Å². The van der Waals surface area contributed by atoms with Crippen molar-refractivity contribution >= 4 is 6.08 Å². The van der Waals surface area contributed by atoms with E-state index < -0.39 is 0 Å². The second-order valence-corrected chi connectivity index (χ2v) is 3.06. The molecule has 1 aromatic carbocycles. The lowest BCUT2D eigenvalue weighted by molar-refractivity contribution is 0.357. The minimum Gasteiger partial charge on any atom is -0.493 e. The van der Waals surface area contributed by atoms with Gasteiger partial charge in [-0.1, -0.05) is 24.3 Å². The van der Waals surface area contributed by atoms with Gasteiger partial charge in [-0.2, -0.15) is 0 Å². The van der Waals surface area contributed by atoms with Crippen molar-refractivity contribution in [1.82, 2.24) is 0 Å². The Kier molecular flexibility index (Phi) is 2.32. The van der Waals surface area contributed by atoms with Crippen molar-refractivity contribution in [3.05, 3.63) is 35.4 Å². The van der Waals surface area contributed by atoms with Gasteiger partial charge < -0.3 is 10.5 Å². The molecule has 0 saturated heterocycles. The monoisotopic (exact) mass is 175 g/mol. The Morgan fingerprint density at radius 1 is 1.46 bits per heavy atom. The highest BCUT2D eigenvalue weighted by Crippen LogP contribution is 2.28. The summed E-state index contributed by atoms with van der Waals surface area (Å²) in [5, 5.41) is 0. The number of fused-ring (bicyclic) bond motifs is 1. The number of rotatable bonds is 2. The quantitative estimate of drug-likeness (QED) is 0.740. The van der Waals surface area contributed by atoms with E-state index in [0.29, 0.717) is 6.54 Å². The van der Waals surface area contributed by atoms with Crippen LogP contribution in [0.5, 0.6) is 5.75 Å². The molecule has 0 saturated carbocycles. The van der Waals surface area contributed by atoms with Crippen molar-refractivity contribution < 1.29 is 4.74 Å². The standard InChI is InChI=1S/C11H13NO/c12-7-2-4-9-3-1-5-11-10(9)6-8-13-11/h1-5H,6-8,12H2. The largest absolute Gasteiger partial charge is 0.493 e. The van der Waals surface area contributed by atoms with Crippen LogP contribution in [0.4, 0.5) is 0 Å². The fourth-order valence-electron chi connectivity index (χ4n) is 1.60.